The maximum absolute atomic E-state index is 13.6. The van der Waals surface area contributed by atoms with E-state index in [-0.39, 0.29) is 52.9 Å². The Balaban J connectivity index is 1.58. The topological polar surface area (TPSA) is 138 Å². The van der Waals surface area contributed by atoms with E-state index in [2.05, 4.69) is 10.0 Å². The third kappa shape index (κ3) is 7.10. The zero-order chi connectivity index (χ0) is 29.7. The molecule has 0 radical (unpaired) electrons. The summed E-state index contributed by atoms with van der Waals surface area (Å²) in [6.45, 7) is 3.85. The number of carbonyl (C=O) groups excluding carboxylic acids is 2. The van der Waals surface area contributed by atoms with Gasteiger partial charge >= 0.3 is 6.03 Å². The standard InChI is InChI=1S/C28H34N4O7S2/c1-18-15-32(19(2)17-33)27(34)23-14-21(30-41(36,37)26-6-5-13-40-26)9-12-24(23)39-25(18)16-31(3)28(35)29-20-7-10-22(38-4)11-8-20/h5-14,18-19,25,30,33H,15-17H2,1-4H3,(H,29,35)/t18-,19-,25-/m0/s1. The van der Waals surface area contributed by atoms with Crippen LogP contribution in [0, 0.1) is 5.92 Å². The van der Waals surface area contributed by atoms with Crippen molar-refractivity contribution in [2.24, 2.45) is 5.92 Å². The summed E-state index contributed by atoms with van der Waals surface area (Å²) >= 11 is 1.08. The lowest BCUT2D eigenvalue weighted by atomic mass is 9.99. The van der Waals surface area contributed by atoms with Crippen LogP contribution in [0.2, 0.25) is 0 Å². The Morgan fingerprint density at radius 2 is 1.93 bits per heavy atom. The first-order valence-corrected chi connectivity index (χ1v) is 15.3. The highest BCUT2D eigenvalue weighted by molar-refractivity contribution is 7.94. The van der Waals surface area contributed by atoms with Crippen LogP contribution in [-0.2, 0) is 10.0 Å². The molecule has 3 aromatic rings. The molecule has 3 atom stereocenters. The molecule has 220 valence electrons. The minimum absolute atomic E-state index is 0.146. The Morgan fingerprint density at radius 1 is 1.22 bits per heavy atom. The molecule has 0 spiro atoms. The molecular weight excluding hydrogens is 568 g/mol. The molecule has 1 aliphatic heterocycles. The highest BCUT2D eigenvalue weighted by Crippen LogP contribution is 2.32. The Bertz CT molecular complexity index is 1460. The fourth-order valence-electron chi connectivity index (χ4n) is 4.37. The SMILES string of the molecule is COc1ccc(NC(=O)N(C)C[C@@H]2Oc3ccc(NS(=O)(=O)c4cccs4)cc3C(=O)N([C@@H](C)CO)C[C@@H]2C)cc1. The van der Waals surface area contributed by atoms with Gasteiger partial charge < -0.3 is 29.7 Å². The molecule has 13 heteroatoms. The van der Waals surface area contributed by atoms with Crippen LogP contribution < -0.4 is 19.5 Å². The van der Waals surface area contributed by atoms with Gasteiger partial charge in [-0.05, 0) is 60.8 Å². The molecule has 41 heavy (non-hydrogen) atoms. The van der Waals surface area contributed by atoms with Gasteiger partial charge in [0.1, 0.15) is 21.8 Å². The minimum atomic E-state index is -3.83. The summed E-state index contributed by atoms with van der Waals surface area (Å²) in [5.41, 5.74) is 0.955. The Hall–Kier alpha value is -3.81. The van der Waals surface area contributed by atoms with E-state index in [4.69, 9.17) is 9.47 Å². The average Bonchev–Trinajstić information content (AvgIpc) is 3.51. The monoisotopic (exact) mass is 602 g/mol. The van der Waals surface area contributed by atoms with E-state index in [1.807, 2.05) is 6.92 Å². The zero-order valence-electron chi connectivity index (χ0n) is 23.2. The quantitative estimate of drug-likeness (QED) is 0.337. The lowest BCUT2D eigenvalue weighted by Crippen LogP contribution is -2.50. The summed E-state index contributed by atoms with van der Waals surface area (Å²) in [4.78, 5) is 29.7. The van der Waals surface area contributed by atoms with Crippen LogP contribution in [0.15, 0.2) is 64.2 Å². The predicted molar refractivity (Wildman–Crippen MR) is 157 cm³/mol. The molecule has 3 amide bonds. The van der Waals surface area contributed by atoms with Crippen molar-refractivity contribution in [2.75, 3.05) is 43.9 Å². The number of sulfonamides is 1. The molecule has 1 aliphatic rings. The molecule has 0 unspecified atom stereocenters. The Morgan fingerprint density at radius 3 is 2.56 bits per heavy atom. The number of anilines is 2. The predicted octanol–water partition coefficient (Wildman–Crippen LogP) is 3.94. The molecule has 0 aliphatic carbocycles. The van der Waals surface area contributed by atoms with Gasteiger partial charge in [-0.3, -0.25) is 9.52 Å². The second kappa shape index (κ2) is 12.8. The Labute approximate surface area is 243 Å². The van der Waals surface area contributed by atoms with Gasteiger partial charge in [0.05, 0.1) is 31.9 Å². The van der Waals surface area contributed by atoms with Crippen LogP contribution in [0.4, 0.5) is 16.2 Å². The number of benzene rings is 2. The van der Waals surface area contributed by atoms with Crippen molar-refractivity contribution in [3.8, 4) is 11.5 Å². The third-order valence-corrected chi connectivity index (χ3v) is 9.60. The number of amides is 3. The lowest BCUT2D eigenvalue weighted by molar-refractivity contribution is 0.0371. The van der Waals surface area contributed by atoms with Crippen molar-refractivity contribution in [1.82, 2.24) is 9.80 Å². The average molecular weight is 603 g/mol. The van der Waals surface area contributed by atoms with Crippen LogP contribution in [0.5, 0.6) is 11.5 Å². The number of methoxy groups -OCH3 is 1. The van der Waals surface area contributed by atoms with Crippen molar-refractivity contribution < 1.29 is 32.6 Å². The second-order valence-electron chi connectivity index (χ2n) is 9.91. The molecule has 0 fully saturated rings. The van der Waals surface area contributed by atoms with Gasteiger partial charge in [-0.1, -0.05) is 13.0 Å². The van der Waals surface area contributed by atoms with Crippen LogP contribution in [0.25, 0.3) is 0 Å². The minimum Gasteiger partial charge on any atom is -0.497 e. The first kappa shape index (κ1) is 30.2. The molecule has 4 rings (SSSR count). The summed E-state index contributed by atoms with van der Waals surface area (Å²) in [5.74, 6) is 0.319. The van der Waals surface area contributed by atoms with E-state index in [0.29, 0.717) is 11.4 Å². The number of carbonyl (C=O) groups is 2. The molecule has 0 saturated carbocycles. The van der Waals surface area contributed by atoms with Crippen LogP contribution >= 0.6 is 11.3 Å². The van der Waals surface area contributed by atoms with Gasteiger partial charge in [-0.15, -0.1) is 11.3 Å². The van der Waals surface area contributed by atoms with Crippen molar-refractivity contribution >= 4 is 44.7 Å². The summed E-state index contributed by atoms with van der Waals surface area (Å²) in [6, 6.07) is 13.8. The number of thiophene rings is 1. The van der Waals surface area contributed by atoms with Gasteiger partial charge in [-0.2, -0.15) is 0 Å². The fraction of sp³-hybridized carbons (Fsp3) is 0.357. The van der Waals surface area contributed by atoms with E-state index >= 15 is 0 Å². The van der Waals surface area contributed by atoms with Crippen LogP contribution in [0.3, 0.4) is 0 Å². The maximum Gasteiger partial charge on any atom is 0.321 e. The number of aliphatic hydroxyl groups excluding tert-OH is 1. The first-order chi connectivity index (χ1) is 19.5. The molecule has 2 aromatic carbocycles. The zero-order valence-corrected chi connectivity index (χ0v) is 24.9. The number of likely N-dealkylation sites (N-methyl/N-ethyl adjacent to an activating group) is 1. The number of rotatable bonds is 9. The summed E-state index contributed by atoms with van der Waals surface area (Å²) in [7, 11) is -0.620. The molecule has 1 aromatic heterocycles. The third-order valence-electron chi connectivity index (χ3n) is 6.82. The molecule has 3 N–H and O–H groups in total. The number of hydrogen-bond donors (Lipinski definition) is 3. The summed E-state index contributed by atoms with van der Waals surface area (Å²) < 4.78 is 39.7. The number of nitrogens with one attached hydrogen (secondary N) is 2. The van der Waals surface area contributed by atoms with E-state index in [0.717, 1.165) is 11.3 Å². The Kier molecular flexibility index (Phi) is 9.41. The van der Waals surface area contributed by atoms with Crippen molar-refractivity contribution in [1.29, 1.82) is 0 Å². The number of urea groups is 1. The molecule has 2 heterocycles. The molecular formula is C28H34N4O7S2. The molecule has 0 saturated heterocycles. The van der Waals surface area contributed by atoms with Gasteiger partial charge in [0.15, 0.2) is 0 Å². The number of ether oxygens (including phenoxy) is 2. The van der Waals surface area contributed by atoms with Crippen molar-refractivity contribution in [3.05, 3.63) is 65.5 Å². The van der Waals surface area contributed by atoms with Crippen LogP contribution in [0.1, 0.15) is 24.2 Å². The normalized spacial score (nSPS) is 17.9. The van der Waals surface area contributed by atoms with E-state index in [1.165, 1.54) is 23.1 Å². The number of fused-ring (bicyclic) bond motifs is 1. The van der Waals surface area contributed by atoms with Crippen molar-refractivity contribution in [3.63, 3.8) is 0 Å². The fourth-order valence-corrected chi connectivity index (χ4v) is 6.41. The highest BCUT2D eigenvalue weighted by Gasteiger charge is 2.34. The number of hydrogen-bond acceptors (Lipinski definition) is 8. The lowest BCUT2D eigenvalue weighted by Gasteiger charge is -2.38. The second-order valence-corrected chi connectivity index (χ2v) is 12.8. The van der Waals surface area contributed by atoms with Gasteiger partial charge in [-0.25, -0.2) is 13.2 Å². The number of aliphatic hydroxyl groups is 1. The van der Waals surface area contributed by atoms with E-state index in [9.17, 15) is 23.1 Å². The largest absolute Gasteiger partial charge is 0.497 e. The maximum atomic E-state index is 13.6. The first-order valence-electron chi connectivity index (χ1n) is 13.0. The summed E-state index contributed by atoms with van der Waals surface area (Å²) in [5, 5.41) is 14.4. The molecule has 0 bridgehead atoms. The van der Waals surface area contributed by atoms with Crippen LogP contribution in [-0.4, -0.2) is 81.3 Å². The van der Waals surface area contributed by atoms with E-state index in [1.54, 1.807) is 67.8 Å². The highest BCUT2D eigenvalue weighted by atomic mass is 32.2. The van der Waals surface area contributed by atoms with Gasteiger partial charge in [0, 0.05) is 30.9 Å². The number of nitrogens with zero attached hydrogens (tertiary/aromatic N) is 2. The molecule has 11 nitrogen and oxygen atoms in total. The van der Waals surface area contributed by atoms with Crippen molar-refractivity contribution in [2.45, 2.75) is 30.2 Å². The van der Waals surface area contributed by atoms with Gasteiger partial charge in [0.2, 0.25) is 0 Å². The summed E-state index contributed by atoms with van der Waals surface area (Å²) in [6.07, 6.45) is -0.518. The smallest absolute Gasteiger partial charge is 0.321 e. The van der Waals surface area contributed by atoms with E-state index < -0.39 is 28.1 Å². The van der Waals surface area contributed by atoms with Gasteiger partial charge in [0.25, 0.3) is 15.9 Å².